The number of nitrogens with zero attached hydrogens (tertiary/aromatic N) is 3. The van der Waals surface area contributed by atoms with Crippen molar-refractivity contribution in [3.63, 3.8) is 0 Å². The predicted octanol–water partition coefficient (Wildman–Crippen LogP) is 2.39. The molecule has 0 radical (unpaired) electrons. The molecule has 0 aromatic heterocycles. The highest BCUT2D eigenvalue weighted by atomic mass is 16.6. The Hall–Kier alpha value is -4.43. The smallest absolute Gasteiger partial charge is 0.271 e. The monoisotopic (exact) mass is 466 g/mol. The van der Waals surface area contributed by atoms with Gasteiger partial charge in [-0.2, -0.15) is 5.26 Å². The molecule has 1 heterocycles. The van der Waals surface area contributed by atoms with Crippen LogP contribution >= 0.6 is 0 Å². The van der Waals surface area contributed by atoms with E-state index in [0.717, 1.165) is 0 Å². The number of rotatable bonds is 8. The molecule has 0 spiro atoms. The van der Waals surface area contributed by atoms with Gasteiger partial charge in [0.25, 0.3) is 17.5 Å². The Bertz CT molecular complexity index is 1150. The van der Waals surface area contributed by atoms with Crippen LogP contribution in [0.25, 0.3) is 6.08 Å². The number of amides is 2. The molecular weight excluding hydrogens is 444 g/mol. The van der Waals surface area contributed by atoms with Crippen LogP contribution in [0, 0.1) is 21.4 Å². The van der Waals surface area contributed by atoms with E-state index < -0.39 is 10.8 Å². The Morgan fingerprint density at radius 2 is 2.00 bits per heavy atom. The van der Waals surface area contributed by atoms with Gasteiger partial charge in [0.1, 0.15) is 11.6 Å². The molecular formula is C23H22N4O7. The van der Waals surface area contributed by atoms with E-state index in [9.17, 15) is 25.0 Å². The minimum atomic E-state index is -0.556. The van der Waals surface area contributed by atoms with Crippen LogP contribution in [-0.4, -0.2) is 61.7 Å². The largest absolute Gasteiger partial charge is 0.493 e. The zero-order valence-electron chi connectivity index (χ0n) is 18.4. The number of carbonyl (C=O) groups is 2. The molecule has 1 fully saturated rings. The van der Waals surface area contributed by atoms with E-state index in [1.165, 1.54) is 37.5 Å². The first kappa shape index (κ1) is 24.2. The molecule has 0 aliphatic carbocycles. The summed E-state index contributed by atoms with van der Waals surface area (Å²) in [4.78, 5) is 36.6. The van der Waals surface area contributed by atoms with E-state index in [1.807, 2.05) is 6.07 Å². The van der Waals surface area contributed by atoms with Crippen molar-refractivity contribution >= 4 is 29.3 Å². The molecule has 1 N–H and O–H groups in total. The number of benzene rings is 2. The lowest BCUT2D eigenvalue weighted by Gasteiger charge is -2.26. The highest BCUT2D eigenvalue weighted by molar-refractivity contribution is 6.01. The third kappa shape index (κ3) is 6.30. The van der Waals surface area contributed by atoms with E-state index in [4.69, 9.17) is 14.2 Å². The van der Waals surface area contributed by atoms with Crippen molar-refractivity contribution < 1.29 is 28.7 Å². The number of nitriles is 1. The number of methoxy groups -OCH3 is 1. The molecule has 2 aromatic rings. The third-order valence-corrected chi connectivity index (χ3v) is 4.85. The maximum Gasteiger partial charge on any atom is 0.271 e. The van der Waals surface area contributed by atoms with E-state index in [1.54, 1.807) is 23.1 Å². The molecule has 1 saturated heterocycles. The lowest BCUT2D eigenvalue weighted by molar-refractivity contribution is -0.384. The second-order valence-corrected chi connectivity index (χ2v) is 7.13. The topological polar surface area (TPSA) is 144 Å². The summed E-state index contributed by atoms with van der Waals surface area (Å²) in [6, 6.07) is 12.2. The fraction of sp³-hybridized carbons (Fsp3) is 0.261. The van der Waals surface area contributed by atoms with Gasteiger partial charge in [0, 0.05) is 30.9 Å². The molecule has 11 nitrogen and oxygen atoms in total. The van der Waals surface area contributed by atoms with Crippen LogP contribution in [0.5, 0.6) is 11.5 Å². The molecule has 0 bridgehead atoms. The van der Waals surface area contributed by atoms with Crippen molar-refractivity contribution in [2.75, 3.05) is 45.3 Å². The SMILES string of the molecule is COc1cc(/C=C(/C#N)C(=O)N2CCOCC2)ccc1OCC(=O)Nc1cccc([N+](=O)[O-])c1. The third-order valence-electron chi connectivity index (χ3n) is 4.85. The quantitative estimate of drug-likeness (QED) is 0.270. The molecule has 11 heteroatoms. The van der Waals surface area contributed by atoms with Gasteiger partial charge in [0.2, 0.25) is 0 Å². The number of non-ortho nitro benzene ring substituents is 1. The first-order valence-electron chi connectivity index (χ1n) is 10.2. The summed E-state index contributed by atoms with van der Waals surface area (Å²) in [6.07, 6.45) is 1.46. The molecule has 176 valence electrons. The highest BCUT2D eigenvalue weighted by Gasteiger charge is 2.21. The Kier molecular flexibility index (Phi) is 8.15. The number of carbonyl (C=O) groups excluding carboxylic acids is 2. The standard InChI is InChI=1S/C23H22N4O7/c1-32-21-12-16(11-17(14-24)23(29)26-7-9-33-10-8-26)5-6-20(21)34-15-22(28)25-18-3-2-4-19(13-18)27(30)31/h2-6,11-13H,7-10,15H2,1H3,(H,25,28)/b17-11-. The molecule has 1 aliphatic rings. The van der Waals surface area contributed by atoms with Gasteiger partial charge in [-0.15, -0.1) is 0 Å². The van der Waals surface area contributed by atoms with Gasteiger partial charge in [0.05, 0.1) is 25.2 Å². The minimum absolute atomic E-state index is 0.0195. The Morgan fingerprint density at radius 1 is 1.24 bits per heavy atom. The molecule has 1 aliphatic heterocycles. The summed E-state index contributed by atoms with van der Waals surface area (Å²) in [5.41, 5.74) is 0.648. The number of anilines is 1. The van der Waals surface area contributed by atoms with Crippen LogP contribution < -0.4 is 14.8 Å². The predicted molar refractivity (Wildman–Crippen MR) is 121 cm³/mol. The summed E-state index contributed by atoms with van der Waals surface area (Å²) in [6.45, 7) is 1.34. The lowest BCUT2D eigenvalue weighted by Crippen LogP contribution is -2.41. The normalized spacial score (nSPS) is 13.5. The van der Waals surface area contributed by atoms with Crippen molar-refractivity contribution in [2.45, 2.75) is 0 Å². The van der Waals surface area contributed by atoms with Crippen molar-refractivity contribution in [1.82, 2.24) is 4.90 Å². The van der Waals surface area contributed by atoms with Crippen LogP contribution in [0.15, 0.2) is 48.0 Å². The van der Waals surface area contributed by atoms with Gasteiger partial charge < -0.3 is 24.4 Å². The molecule has 2 aromatic carbocycles. The number of nitro groups is 1. The van der Waals surface area contributed by atoms with Crippen LogP contribution in [0.3, 0.4) is 0 Å². The fourth-order valence-electron chi connectivity index (χ4n) is 3.18. The fourth-order valence-corrected chi connectivity index (χ4v) is 3.18. The number of nitro benzene ring substituents is 1. The number of morpholine rings is 1. The van der Waals surface area contributed by atoms with Gasteiger partial charge in [-0.3, -0.25) is 19.7 Å². The first-order valence-corrected chi connectivity index (χ1v) is 10.2. The van der Waals surface area contributed by atoms with Gasteiger partial charge >= 0.3 is 0 Å². The average molecular weight is 466 g/mol. The van der Waals surface area contributed by atoms with Gasteiger partial charge in [-0.05, 0) is 29.8 Å². The van der Waals surface area contributed by atoms with E-state index in [-0.39, 0.29) is 35.2 Å². The second kappa shape index (κ2) is 11.4. The number of hydrogen-bond acceptors (Lipinski definition) is 8. The number of ether oxygens (including phenoxy) is 3. The second-order valence-electron chi connectivity index (χ2n) is 7.13. The molecule has 3 rings (SSSR count). The van der Waals surface area contributed by atoms with Crippen molar-refractivity contribution in [3.8, 4) is 17.6 Å². The zero-order chi connectivity index (χ0) is 24.5. The zero-order valence-corrected chi connectivity index (χ0v) is 18.4. The highest BCUT2D eigenvalue weighted by Crippen LogP contribution is 2.29. The van der Waals surface area contributed by atoms with Crippen LogP contribution in [0.1, 0.15) is 5.56 Å². The van der Waals surface area contributed by atoms with E-state index in [0.29, 0.717) is 37.6 Å². The lowest BCUT2D eigenvalue weighted by atomic mass is 10.1. The summed E-state index contributed by atoms with van der Waals surface area (Å²) in [7, 11) is 1.42. The Labute approximate surface area is 195 Å². The molecule has 0 saturated carbocycles. The average Bonchev–Trinajstić information content (AvgIpc) is 2.86. The van der Waals surface area contributed by atoms with Crippen molar-refractivity contribution in [3.05, 3.63) is 63.7 Å². The summed E-state index contributed by atoms with van der Waals surface area (Å²) < 4.78 is 16.1. The van der Waals surface area contributed by atoms with E-state index >= 15 is 0 Å². The van der Waals surface area contributed by atoms with Crippen molar-refractivity contribution in [2.24, 2.45) is 0 Å². The number of nitrogens with one attached hydrogen (secondary N) is 1. The van der Waals surface area contributed by atoms with Crippen LogP contribution in [0.4, 0.5) is 11.4 Å². The molecule has 34 heavy (non-hydrogen) atoms. The number of hydrogen-bond donors (Lipinski definition) is 1. The van der Waals surface area contributed by atoms with Crippen LogP contribution in [0.2, 0.25) is 0 Å². The van der Waals surface area contributed by atoms with Gasteiger partial charge in [-0.25, -0.2) is 0 Å². The first-order chi connectivity index (χ1) is 16.4. The maximum absolute atomic E-state index is 12.6. The summed E-state index contributed by atoms with van der Waals surface area (Å²) in [5.74, 6) is -0.322. The van der Waals surface area contributed by atoms with Gasteiger partial charge in [-0.1, -0.05) is 12.1 Å². The minimum Gasteiger partial charge on any atom is -0.493 e. The Balaban J connectivity index is 1.66. The Morgan fingerprint density at radius 3 is 2.68 bits per heavy atom. The molecule has 0 atom stereocenters. The van der Waals surface area contributed by atoms with Crippen molar-refractivity contribution in [1.29, 1.82) is 5.26 Å². The summed E-state index contributed by atoms with van der Waals surface area (Å²) in [5, 5.41) is 22.8. The van der Waals surface area contributed by atoms with Gasteiger partial charge in [0.15, 0.2) is 18.1 Å². The molecule has 0 unspecified atom stereocenters. The van der Waals surface area contributed by atoms with E-state index in [2.05, 4.69) is 5.32 Å². The summed E-state index contributed by atoms with van der Waals surface area (Å²) >= 11 is 0. The van der Waals surface area contributed by atoms with Crippen LogP contribution in [-0.2, 0) is 14.3 Å². The maximum atomic E-state index is 12.6. The molecule has 2 amide bonds.